The quantitative estimate of drug-likeness (QED) is 0.255. The number of hydrogen-bond acceptors (Lipinski definition) is 4. The Morgan fingerprint density at radius 2 is 1.45 bits per heavy atom. The molecule has 3 aromatic carbocycles. The molecule has 0 radical (unpaired) electrons. The van der Waals surface area contributed by atoms with Crippen molar-refractivity contribution < 1.29 is 4.79 Å². The number of halogens is 3. The van der Waals surface area contributed by atoms with Crippen LogP contribution in [0.1, 0.15) is 22.5 Å². The summed E-state index contributed by atoms with van der Waals surface area (Å²) in [4.78, 5) is 26.3. The Bertz CT molecular complexity index is 1410. The summed E-state index contributed by atoms with van der Waals surface area (Å²) in [7, 11) is 0. The molecule has 194 valence electrons. The standard InChI is InChI=1S/C30H27Cl3N4O/c1-20-4-2-5-25(31)23(20)18-29-34-13-12-28(35-29)21-8-10-22(11-9-21)36-14-16-37(17-15-36)30(38)19-24-26(32)6-3-7-27(24)33/h2-13H,14-19H2,1H3. The highest BCUT2D eigenvalue weighted by Gasteiger charge is 2.23. The van der Waals surface area contributed by atoms with Gasteiger partial charge in [-0.05, 0) is 60.0 Å². The highest BCUT2D eigenvalue weighted by atomic mass is 35.5. The number of anilines is 1. The third-order valence-electron chi connectivity index (χ3n) is 6.94. The maximum absolute atomic E-state index is 12.9. The van der Waals surface area contributed by atoms with Crippen molar-refractivity contribution in [3.05, 3.63) is 111 Å². The SMILES string of the molecule is Cc1cccc(Cl)c1Cc1nccc(-c2ccc(N3CCN(C(=O)Cc4c(Cl)cccc4Cl)CC3)cc2)n1. The highest BCUT2D eigenvalue weighted by molar-refractivity contribution is 6.36. The van der Waals surface area contributed by atoms with Crippen molar-refractivity contribution in [2.24, 2.45) is 0 Å². The molecular formula is C30H27Cl3N4O. The molecule has 4 aromatic rings. The first-order valence-corrected chi connectivity index (χ1v) is 13.6. The number of carbonyl (C=O) groups is 1. The van der Waals surface area contributed by atoms with Gasteiger partial charge in [-0.1, -0.05) is 65.1 Å². The topological polar surface area (TPSA) is 49.3 Å². The van der Waals surface area contributed by atoms with Crippen molar-refractivity contribution in [2.75, 3.05) is 31.1 Å². The molecule has 0 N–H and O–H groups in total. The van der Waals surface area contributed by atoms with Gasteiger partial charge >= 0.3 is 0 Å². The zero-order valence-electron chi connectivity index (χ0n) is 21.0. The second-order valence-electron chi connectivity index (χ2n) is 9.36. The molecule has 8 heteroatoms. The zero-order chi connectivity index (χ0) is 26.6. The van der Waals surface area contributed by atoms with Crippen LogP contribution in [0.4, 0.5) is 5.69 Å². The lowest BCUT2D eigenvalue weighted by Gasteiger charge is -2.36. The molecule has 2 heterocycles. The average molecular weight is 566 g/mol. The van der Waals surface area contributed by atoms with E-state index in [2.05, 4.69) is 34.1 Å². The molecule has 1 aromatic heterocycles. The van der Waals surface area contributed by atoms with Crippen molar-refractivity contribution in [1.82, 2.24) is 14.9 Å². The van der Waals surface area contributed by atoms with Crippen LogP contribution in [0.25, 0.3) is 11.3 Å². The first-order chi connectivity index (χ1) is 18.4. The Morgan fingerprint density at radius 3 is 2.11 bits per heavy atom. The van der Waals surface area contributed by atoms with E-state index in [4.69, 9.17) is 39.8 Å². The van der Waals surface area contributed by atoms with Crippen LogP contribution in [0, 0.1) is 6.92 Å². The van der Waals surface area contributed by atoms with E-state index in [0.717, 1.165) is 52.0 Å². The van der Waals surface area contributed by atoms with E-state index >= 15 is 0 Å². The Balaban J connectivity index is 1.21. The first-order valence-electron chi connectivity index (χ1n) is 12.5. The molecule has 38 heavy (non-hydrogen) atoms. The maximum atomic E-state index is 12.9. The second-order valence-corrected chi connectivity index (χ2v) is 10.6. The summed E-state index contributed by atoms with van der Waals surface area (Å²) in [6.07, 6.45) is 2.59. The fraction of sp³-hybridized carbons (Fsp3) is 0.233. The number of benzene rings is 3. The van der Waals surface area contributed by atoms with E-state index < -0.39 is 0 Å². The van der Waals surface area contributed by atoms with Crippen LogP contribution in [-0.4, -0.2) is 47.0 Å². The lowest BCUT2D eigenvalue weighted by atomic mass is 10.1. The number of nitrogens with zero attached hydrogens (tertiary/aromatic N) is 4. The van der Waals surface area contributed by atoms with E-state index in [-0.39, 0.29) is 12.3 Å². The fourth-order valence-corrected chi connectivity index (χ4v) is 5.53. The van der Waals surface area contributed by atoms with E-state index in [1.165, 1.54) is 0 Å². The fourth-order valence-electron chi connectivity index (χ4n) is 4.71. The Labute approximate surface area is 238 Å². The Kier molecular flexibility index (Phi) is 8.18. The molecule has 0 atom stereocenters. The average Bonchev–Trinajstić information content (AvgIpc) is 2.93. The third kappa shape index (κ3) is 5.96. The van der Waals surface area contributed by atoms with Gasteiger partial charge in [0.05, 0.1) is 12.1 Å². The predicted molar refractivity (Wildman–Crippen MR) is 155 cm³/mol. The van der Waals surface area contributed by atoms with Gasteiger partial charge in [0.1, 0.15) is 5.82 Å². The number of carbonyl (C=O) groups excluding carboxylic acids is 1. The minimum atomic E-state index is 0.0431. The van der Waals surface area contributed by atoms with Gasteiger partial charge in [0.2, 0.25) is 5.91 Å². The molecule has 5 nitrogen and oxygen atoms in total. The molecule has 1 aliphatic heterocycles. The monoisotopic (exact) mass is 564 g/mol. The lowest BCUT2D eigenvalue weighted by molar-refractivity contribution is -0.130. The molecule has 1 aliphatic rings. The maximum Gasteiger partial charge on any atom is 0.227 e. The Hall–Kier alpha value is -3.12. The number of piperazine rings is 1. The molecule has 5 rings (SSSR count). The van der Waals surface area contributed by atoms with Crippen molar-refractivity contribution >= 4 is 46.4 Å². The van der Waals surface area contributed by atoms with Crippen LogP contribution in [-0.2, 0) is 17.6 Å². The smallest absolute Gasteiger partial charge is 0.227 e. The van der Waals surface area contributed by atoms with Crippen LogP contribution >= 0.6 is 34.8 Å². The molecular weight excluding hydrogens is 539 g/mol. The molecule has 0 spiro atoms. The lowest BCUT2D eigenvalue weighted by Crippen LogP contribution is -2.49. The van der Waals surface area contributed by atoms with Gasteiger partial charge in [0, 0.05) is 65.1 Å². The summed E-state index contributed by atoms with van der Waals surface area (Å²) in [5, 5.41) is 1.79. The van der Waals surface area contributed by atoms with Gasteiger partial charge in [-0.15, -0.1) is 0 Å². The number of amides is 1. The molecule has 0 unspecified atom stereocenters. The number of hydrogen-bond donors (Lipinski definition) is 0. The summed E-state index contributed by atoms with van der Waals surface area (Å²) in [6, 6.07) is 21.5. The van der Waals surface area contributed by atoms with Crippen molar-refractivity contribution in [1.29, 1.82) is 0 Å². The summed E-state index contributed by atoms with van der Waals surface area (Å²) in [5.74, 6) is 0.781. The number of rotatable bonds is 6. The van der Waals surface area contributed by atoms with E-state index in [9.17, 15) is 4.79 Å². The first kappa shape index (κ1) is 26.5. The van der Waals surface area contributed by atoms with E-state index in [1.54, 1.807) is 24.4 Å². The van der Waals surface area contributed by atoms with Crippen molar-refractivity contribution in [3.63, 3.8) is 0 Å². The third-order valence-corrected chi connectivity index (χ3v) is 8.01. The van der Waals surface area contributed by atoms with Crippen LogP contribution < -0.4 is 4.90 Å². The van der Waals surface area contributed by atoms with E-state index in [1.807, 2.05) is 36.1 Å². The second kappa shape index (κ2) is 11.7. The highest BCUT2D eigenvalue weighted by Crippen LogP contribution is 2.27. The normalized spacial score (nSPS) is 13.6. The van der Waals surface area contributed by atoms with Gasteiger partial charge in [-0.2, -0.15) is 0 Å². The minimum Gasteiger partial charge on any atom is -0.368 e. The van der Waals surface area contributed by atoms with Crippen LogP contribution in [0.5, 0.6) is 0 Å². The van der Waals surface area contributed by atoms with Gasteiger partial charge in [0.25, 0.3) is 0 Å². The number of aromatic nitrogens is 2. The number of aryl methyl sites for hydroxylation is 1. The summed E-state index contributed by atoms with van der Waals surface area (Å²) in [5.41, 5.74) is 5.89. The van der Waals surface area contributed by atoms with Gasteiger partial charge < -0.3 is 9.80 Å². The van der Waals surface area contributed by atoms with Crippen LogP contribution in [0.2, 0.25) is 15.1 Å². The molecule has 0 bridgehead atoms. The van der Waals surface area contributed by atoms with Crippen LogP contribution in [0.15, 0.2) is 72.9 Å². The van der Waals surface area contributed by atoms with Crippen molar-refractivity contribution in [2.45, 2.75) is 19.8 Å². The van der Waals surface area contributed by atoms with Gasteiger partial charge in [-0.3, -0.25) is 4.79 Å². The predicted octanol–water partition coefficient (Wildman–Crippen LogP) is 6.89. The molecule has 1 fully saturated rings. The van der Waals surface area contributed by atoms with Crippen molar-refractivity contribution in [3.8, 4) is 11.3 Å². The summed E-state index contributed by atoms with van der Waals surface area (Å²) < 4.78 is 0. The minimum absolute atomic E-state index is 0.0431. The largest absolute Gasteiger partial charge is 0.368 e. The molecule has 1 saturated heterocycles. The zero-order valence-corrected chi connectivity index (χ0v) is 23.3. The summed E-state index contributed by atoms with van der Waals surface area (Å²) in [6.45, 7) is 4.87. The van der Waals surface area contributed by atoms with E-state index in [0.29, 0.717) is 35.1 Å². The molecule has 0 saturated carbocycles. The molecule has 0 aliphatic carbocycles. The van der Waals surface area contributed by atoms with Crippen LogP contribution in [0.3, 0.4) is 0 Å². The Morgan fingerprint density at radius 1 is 0.816 bits per heavy atom. The van der Waals surface area contributed by atoms with Gasteiger partial charge in [-0.25, -0.2) is 9.97 Å². The summed E-state index contributed by atoms with van der Waals surface area (Å²) >= 11 is 18.9. The van der Waals surface area contributed by atoms with Gasteiger partial charge in [0.15, 0.2) is 0 Å². The molecule has 1 amide bonds.